The maximum atomic E-state index is 11.5. The summed E-state index contributed by atoms with van der Waals surface area (Å²) >= 11 is 1.42. The lowest BCUT2D eigenvalue weighted by Gasteiger charge is -2.04. The summed E-state index contributed by atoms with van der Waals surface area (Å²) in [5.74, 6) is -0.254. The third-order valence-corrected chi connectivity index (χ3v) is 2.61. The molecule has 1 heterocycles. The van der Waals surface area contributed by atoms with E-state index in [-0.39, 0.29) is 12.5 Å². The monoisotopic (exact) mass is 229 g/mol. The van der Waals surface area contributed by atoms with Crippen LogP contribution in [0.4, 0.5) is 0 Å². The smallest absolute Gasteiger partial charge is 0.270 e. The van der Waals surface area contributed by atoms with E-state index < -0.39 is 6.10 Å². The number of carbonyl (C=O) groups is 1. The van der Waals surface area contributed by atoms with Crippen LogP contribution in [0.5, 0.6) is 0 Å². The zero-order valence-corrected chi connectivity index (χ0v) is 9.38. The summed E-state index contributed by atoms with van der Waals surface area (Å²) in [6, 6.07) is 0. The molecule has 0 bridgehead atoms. The van der Waals surface area contributed by atoms with Crippen molar-refractivity contribution >= 4 is 17.2 Å². The van der Waals surface area contributed by atoms with Crippen molar-refractivity contribution in [1.82, 2.24) is 10.3 Å². The highest BCUT2D eigenvalue weighted by atomic mass is 32.1. The van der Waals surface area contributed by atoms with Crippen molar-refractivity contribution in [2.45, 2.75) is 19.4 Å². The van der Waals surface area contributed by atoms with Gasteiger partial charge < -0.3 is 16.2 Å². The first kappa shape index (κ1) is 12.1. The quantitative estimate of drug-likeness (QED) is 0.650. The fourth-order valence-corrected chi connectivity index (χ4v) is 1.78. The normalized spacial score (nSPS) is 12.5. The van der Waals surface area contributed by atoms with Crippen LogP contribution in [-0.4, -0.2) is 35.2 Å². The highest BCUT2D eigenvalue weighted by Crippen LogP contribution is 2.09. The number of nitrogens with two attached hydrogens (primary N) is 1. The van der Waals surface area contributed by atoms with Gasteiger partial charge in [-0.25, -0.2) is 4.98 Å². The lowest BCUT2D eigenvalue weighted by atomic mass is 10.4. The van der Waals surface area contributed by atoms with Crippen molar-refractivity contribution < 1.29 is 9.90 Å². The molecule has 1 aromatic heterocycles. The number of hydrogen-bond acceptors (Lipinski definition) is 5. The molecule has 0 aliphatic heterocycles. The Morgan fingerprint density at radius 3 is 3.13 bits per heavy atom. The van der Waals surface area contributed by atoms with Crippen LogP contribution in [0.15, 0.2) is 5.38 Å². The predicted molar refractivity (Wildman–Crippen MR) is 58.9 cm³/mol. The van der Waals surface area contributed by atoms with Crippen LogP contribution >= 0.6 is 11.3 Å². The van der Waals surface area contributed by atoms with Gasteiger partial charge in [0.2, 0.25) is 0 Å². The third-order valence-electron chi connectivity index (χ3n) is 1.70. The van der Waals surface area contributed by atoms with Gasteiger partial charge in [0.05, 0.1) is 11.1 Å². The Morgan fingerprint density at radius 1 is 1.80 bits per heavy atom. The van der Waals surface area contributed by atoms with Gasteiger partial charge in [-0.05, 0) is 13.5 Å². The van der Waals surface area contributed by atoms with Crippen LogP contribution in [-0.2, 0) is 6.42 Å². The Labute approximate surface area is 92.3 Å². The molecule has 0 saturated carbocycles. The van der Waals surface area contributed by atoms with Gasteiger partial charge in [0.25, 0.3) is 5.91 Å². The summed E-state index contributed by atoms with van der Waals surface area (Å²) in [4.78, 5) is 15.6. The number of aliphatic hydroxyl groups is 1. The van der Waals surface area contributed by atoms with Gasteiger partial charge in [-0.3, -0.25) is 4.79 Å². The number of carbonyl (C=O) groups excluding carboxylic acids is 1. The molecule has 84 valence electrons. The minimum Gasteiger partial charge on any atom is -0.392 e. The molecule has 1 aromatic rings. The van der Waals surface area contributed by atoms with Gasteiger partial charge in [0.15, 0.2) is 0 Å². The van der Waals surface area contributed by atoms with E-state index in [1.54, 1.807) is 12.3 Å². The highest BCUT2D eigenvalue weighted by Gasteiger charge is 2.10. The third kappa shape index (κ3) is 3.94. The van der Waals surface area contributed by atoms with Gasteiger partial charge >= 0.3 is 0 Å². The van der Waals surface area contributed by atoms with Crippen LogP contribution in [0.1, 0.15) is 22.4 Å². The maximum Gasteiger partial charge on any atom is 0.270 e. The highest BCUT2D eigenvalue weighted by molar-refractivity contribution is 7.09. The number of aromatic nitrogens is 1. The Bertz CT molecular complexity index is 325. The minimum atomic E-state index is -0.545. The van der Waals surface area contributed by atoms with Crippen molar-refractivity contribution in [2.75, 3.05) is 13.1 Å². The van der Waals surface area contributed by atoms with Crippen molar-refractivity contribution in [3.63, 3.8) is 0 Å². The van der Waals surface area contributed by atoms with E-state index in [0.29, 0.717) is 18.7 Å². The van der Waals surface area contributed by atoms with Crippen LogP contribution in [0.3, 0.4) is 0 Å². The first-order valence-corrected chi connectivity index (χ1v) is 5.62. The lowest BCUT2D eigenvalue weighted by Crippen LogP contribution is -2.30. The fraction of sp³-hybridized carbons (Fsp3) is 0.556. The molecule has 1 amide bonds. The van der Waals surface area contributed by atoms with Gasteiger partial charge in [0.1, 0.15) is 5.69 Å². The first-order chi connectivity index (χ1) is 7.13. The van der Waals surface area contributed by atoms with Crippen molar-refractivity contribution in [3.05, 3.63) is 16.1 Å². The second-order valence-corrected chi connectivity index (χ2v) is 4.17. The molecule has 6 heteroatoms. The molecule has 1 atom stereocenters. The van der Waals surface area contributed by atoms with Gasteiger partial charge in [-0.15, -0.1) is 11.3 Å². The summed E-state index contributed by atoms with van der Waals surface area (Å²) in [6.45, 7) is 2.38. The SMILES string of the molecule is C[C@@H](O)CNC(=O)c1csc(CCN)n1. The molecular formula is C9H15N3O2S. The average molecular weight is 229 g/mol. The largest absolute Gasteiger partial charge is 0.392 e. The second kappa shape index (κ2) is 5.79. The van der Waals surface area contributed by atoms with E-state index in [1.165, 1.54) is 11.3 Å². The predicted octanol–water partition coefficient (Wildman–Crippen LogP) is -0.245. The number of rotatable bonds is 5. The molecule has 0 unspecified atom stereocenters. The lowest BCUT2D eigenvalue weighted by molar-refractivity contribution is 0.0919. The number of aliphatic hydroxyl groups excluding tert-OH is 1. The fourth-order valence-electron chi connectivity index (χ4n) is 0.984. The summed E-state index contributed by atoms with van der Waals surface area (Å²) in [5, 5.41) is 14.1. The number of amides is 1. The van der Waals surface area contributed by atoms with E-state index in [4.69, 9.17) is 10.8 Å². The van der Waals surface area contributed by atoms with Crippen LogP contribution in [0.25, 0.3) is 0 Å². The van der Waals surface area contributed by atoms with E-state index in [9.17, 15) is 4.79 Å². The molecule has 4 N–H and O–H groups in total. The van der Waals surface area contributed by atoms with Crippen LogP contribution in [0.2, 0.25) is 0 Å². The Balaban J connectivity index is 2.50. The molecule has 0 fully saturated rings. The van der Waals surface area contributed by atoms with E-state index in [0.717, 1.165) is 5.01 Å². The first-order valence-electron chi connectivity index (χ1n) is 4.74. The second-order valence-electron chi connectivity index (χ2n) is 3.22. The van der Waals surface area contributed by atoms with E-state index >= 15 is 0 Å². The Kier molecular flexibility index (Phi) is 4.67. The molecule has 0 spiro atoms. The Hall–Kier alpha value is -0.980. The van der Waals surface area contributed by atoms with Gasteiger partial charge in [-0.1, -0.05) is 0 Å². The summed E-state index contributed by atoms with van der Waals surface area (Å²) in [5.41, 5.74) is 5.77. The Morgan fingerprint density at radius 2 is 2.53 bits per heavy atom. The molecule has 0 aliphatic rings. The molecule has 0 radical (unpaired) electrons. The van der Waals surface area contributed by atoms with Crippen LogP contribution < -0.4 is 11.1 Å². The van der Waals surface area contributed by atoms with Gasteiger partial charge in [-0.2, -0.15) is 0 Å². The van der Waals surface area contributed by atoms with Gasteiger partial charge in [0, 0.05) is 18.3 Å². The van der Waals surface area contributed by atoms with Crippen molar-refractivity contribution in [3.8, 4) is 0 Å². The summed E-state index contributed by atoms with van der Waals surface area (Å²) < 4.78 is 0. The molecule has 0 saturated heterocycles. The maximum absolute atomic E-state index is 11.5. The molecular weight excluding hydrogens is 214 g/mol. The average Bonchev–Trinajstić information content (AvgIpc) is 2.63. The zero-order chi connectivity index (χ0) is 11.3. The number of nitrogens with zero attached hydrogens (tertiary/aromatic N) is 1. The van der Waals surface area contributed by atoms with E-state index in [2.05, 4.69) is 10.3 Å². The van der Waals surface area contributed by atoms with Crippen LogP contribution in [0, 0.1) is 0 Å². The molecule has 15 heavy (non-hydrogen) atoms. The summed E-state index contributed by atoms with van der Waals surface area (Å²) in [6.07, 6.45) is 0.144. The van der Waals surface area contributed by atoms with E-state index in [1.807, 2.05) is 0 Å². The summed E-state index contributed by atoms with van der Waals surface area (Å²) in [7, 11) is 0. The number of nitrogens with one attached hydrogen (secondary N) is 1. The minimum absolute atomic E-state index is 0.239. The number of thiazole rings is 1. The molecule has 5 nitrogen and oxygen atoms in total. The standard InChI is InChI=1S/C9H15N3O2S/c1-6(13)4-11-9(14)7-5-15-8(12-7)2-3-10/h5-6,13H,2-4,10H2,1H3,(H,11,14)/t6-/m1/s1. The zero-order valence-electron chi connectivity index (χ0n) is 8.56. The topological polar surface area (TPSA) is 88.2 Å². The molecule has 0 aromatic carbocycles. The molecule has 0 aliphatic carbocycles. The number of hydrogen-bond donors (Lipinski definition) is 3. The van der Waals surface area contributed by atoms with Crippen molar-refractivity contribution in [2.24, 2.45) is 5.73 Å². The molecule has 1 rings (SSSR count). The van der Waals surface area contributed by atoms with Crippen molar-refractivity contribution in [1.29, 1.82) is 0 Å².